The zero-order valence-corrected chi connectivity index (χ0v) is 12.6. The summed E-state index contributed by atoms with van der Waals surface area (Å²) in [6.45, 7) is 5.67. The first-order valence-electron chi connectivity index (χ1n) is 6.85. The predicted molar refractivity (Wildman–Crippen MR) is 78.5 cm³/mol. The number of rotatable bonds is 8. The smallest absolute Gasteiger partial charge is 0.0727 e. The Morgan fingerprint density at radius 3 is 2.89 bits per heavy atom. The Morgan fingerprint density at radius 2 is 2.22 bits per heavy atom. The van der Waals surface area contributed by atoms with Crippen LogP contribution in [-0.4, -0.2) is 13.2 Å². The minimum Gasteiger partial charge on any atom is -0.377 e. The molecule has 0 aliphatic heterocycles. The van der Waals surface area contributed by atoms with Gasteiger partial charge in [0, 0.05) is 17.6 Å². The van der Waals surface area contributed by atoms with Crippen molar-refractivity contribution in [2.45, 2.75) is 39.3 Å². The zero-order valence-electron chi connectivity index (χ0n) is 11.0. The van der Waals surface area contributed by atoms with Crippen LogP contribution in [0.15, 0.2) is 22.7 Å². The summed E-state index contributed by atoms with van der Waals surface area (Å²) in [7, 11) is 0. The number of ether oxygens (including phenoxy) is 1. The molecular formula is C15H22BrNO. The van der Waals surface area contributed by atoms with E-state index in [2.05, 4.69) is 46.4 Å². The highest BCUT2D eigenvalue weighted by molar-refractivity contribution is 9.10. The van der Waals surface area contributed by atoms with Gasteiger partial charge in [0.15, 0.2) is 0 Å². The molecule has 0 atom stereocenters. The van der Waals surface area contributed by atoms with Crippen molar-refractivity contribution in [1.29, 1.82) is 0 Å². The van der Waals surface area contributed by atoms with E-state index in [1.165, 1.54) is 30.4 Å². The van der Waals surface area contributed by atoms with E-state index in [9.17, 15) is 0 Å². The molecule has 1 aromatic rings. The van der Waals surface area contributed by atoms with Gasteiger partial charge >= 0.3 is 0 Å². The lowest BCUT2D eigenvalue weighted by molar-refractivity contribution is 0.114. The summed E-state index contributed by atoms with van der Waals surface area (Å²) in [5.74, 6) is 0.955. The average Bonchev–Trinajstić information content (AvgIpc) is 3.18. The second-order valence-corrected chi connectivity index (χ2v) is 5.85. The van der Waals surface area contributed by atoms with Gasteiger partial charge in [-0.3, -0.25) is 0 Å². The van der Waals surface area contributed by atoms with Crippen LogP contribution in [0.3, 0.4) is 0 Å². The van der Waals surface area contributed by atoms with Gasteiger partial charge in [-0.25, -0.2) is 0 Å². The highest BCUT2D eigenvalue weighted by atomic mass is 79.9. The molecule has 1 saturated carbocycles. The summed E-state index contributed by atoms with van der Waals surface area (Å²) < 4.78 is 6.88. The van der Waals surface area contributed by atoms with Gasteiger partial charge in [0.05, 0.1) is 6.61 Å². The Balaban J connectivity index is 1.76. The topological polar surface area (TPSA) is 21.3 Å². The molecule has 100 valence electrons. The van der Waals surface area contributed by atoms with Crippen molar-refractivity contribution in [3.8, 4) is 0 Å². The van der Waals surface area contributed by atoms with Gasteiger partial charge in [0.25, 0.3) is 0 Å². The molecule has 1 aliphatic rings. The minimum atomic E-state index is 0.717. The van der Waals surface area contributed by atoms with E-state index in [1.54, 1.807) is 0 Å². The number of hydrogen-bond acceptors (Lipinski definition) is 2. The zero-order chi connectivity index (χ0) is 12.8. The first-order valence-corrected chi connectivity index (χ1v) is 7.64. The van der Waals surface area contributed by atoms with Crippen molar-refractivity contribution >= 4 is 15.9 Å². The fourth-order valence-corrected chi connectivity index (χ4v) is 2.47. The molecule has 0 radical (unpaired) electrons. The summed E-state index contributed by atoms with van der Waals surface area (Å²) in [5.41, 5.74) is 2.55. The molecule has 0 spiro atoms. The first kappa shape index (κ1) is 14.0. The van der Waals surface area contributed by atoms with Crippen molar-refractivity contribution in [2.75, 3.05) is 13.2 Å². The average molecular weight is 312 g/mol. The van der Waals surface area contributed by atoms with E-state index >= 15 is 0 Å². The van der Waals surface area contributed by atoms with Gasteiger partial charge in [-0.15, -0.1) is 0 Å². The molecular weight excluding hydrogens is 290 g/mol. The highest BCUT2D eigenvalue weighted by Crippen LogP contribution is 2.32. The molecule has 1 N–H and O–H groups in total. The summed E-state index contributed by atoms with van der Waals surface area (Å²) in [5, 5.41) is 3.33. The van der Waals surface area contributed by atoms with Crippen LogP contribution in [-0.2, 0) is 17.9 Å². The van der Waals surface area contributed by atoms with Gasteiger partial charge in [-0.2, -0.15) is 0 Å². The number of hydrogen-bond donors (Lipinski definition) is 1. The quantitative estimate of drug-likeness (QED) is 0.736. The fraction of sp³-hybridized carbons (Fsp3) is 0.600. The molecule has 2 nitrogen and oxygen atoms in total. The monoisotopic (exact) mass is 311 g/mol. The molecule has 3 heteroatoms. The molecule has 0 unspecified atom stereocenters. The Kier molecular flexibility index (Phi) is 5.67. The molecule has 0 aromatic heterocycles. The Hall–Kier alpha value is -0.380. The van der Waals surface area contributed by atoms with Crippen molar-refractivity contribution in [3.05, 3.63) is 33.8 Å². The Bertz CT molecular complexity index is 377. The lowest BCUT2D eigenvalue weighted by Gasteiger charge is -2.09. The van der Waals surface area contributed by atoms with E-state index in [-0.39, 0.29) is 0 Å². The maximum Gasteiger partial charge on any atom is 0.0727 e. The van der Waals surface area contributed by atoms with Crippen LogP contribution in [0, 0.1) is 5.92 Å². The molecule has 0 bridgehead atoms. The van der Waals surface area contributed by atoms with Crippen LogP contribution < -0.4 is 5.32 Å². The van der Waals surface area contributed by atoms with Crippen molar-refractivity contribution in [3.63, 3.8) is 0 Å². The lowest BCUT2D eigenvalue weighted by Crippen LogP contribution is -2.11. The summed E-state index contributed by atoms with van der Waals surface area (Å²) in [6, 6.07) is 6.52. The third kappa shape index (κ3) is 4.71. The summed E-state index contributed by atoms with van der Waals surface area (Å²) >= 11 is 3.62. The molecule has 1 aliphatic carbocycles. The minimum absolute atomic E-state index is 0.717. The van der Waals surface area contributed by atoms with Crippen LogP contribution >= 0.6 is 15.9 Å². The fourth-order valence-electron chi connectivity index (χ4n) is 1.93. The molecule has 0 saturated heterocycles. The van der Waals surface area contributed by atoms with Gasteiger partial charge in [0.2, 0.25) is 0 Å². The maximum absolute atomic E-state index is 5.73. The van der Waals surface area contributed by atoms with Gasteiger partial charge < -0.3 is 10.1 Å². The van der Waals surface area contributed by atoms with E-state index in [0.717, 1.165) is 36.7 Å². The molecule has 2 rings (SSSR count). The lowest BCUT2D eigenvalue weighted by atomic mass is 10.1. The largest absolute Gasteiger partial charge is 0.377 e. The Labute approximate surface area is 118 Å². The summed E-state index contributed by atoms with van der Waals surface area (Å²) in [6.07, 6.45) is 4.05. The maximum atomic E-state index is 5.73. The Morgan fingerprint density at radius 1 is 1.39 bits per heavy atom. The second-order valence-electron chi connectivity index (χ2n) is 4.99. The van der Waals surface area contributed by atoms with E-state index < -0.39 is 0 Å². The van der Waals surface area contributed by atoms with Crippen molar-refractivity contribution < 1.29 is 4.74 Å². The predicted octanol–water partition coefficient (Wildman–Crippen LogP) is 3.88. The SMILES string of the molecule is CCNCc1ccc(COCCC2CC2)c(Br)c1. The molecule has 0 amide bonds. The third-order valence-corrected chi connectivity index (χ3v) is 4.06. The molecule has 1 aromatic carbocycles. The van der Waals surface area contributed by atoms with Crippen LogP contribution in [0.1, 0.15) is 37.3 Å². The van der Waals surface area contributed by atoms with E-state index in [4.69, 9.17) is 4.74 Å². The van der Waals surface area contributed by atoms with Gasteiger partial charge in [-0.1, -0.05) is 47.8 Å². The van der Waals surface area contributed by atoms with E-state index in [0.29, 0.717) is 0 Å². The number of nitrogens with one attached hydrogen (secondary N) is 1. The molecule has 0 heterocycles. The number of halogens is 1. The third-order valence-electron chi connectivity index (χ3n) is 3.32. The standard InChI is InChI=1S/C15H22BrNO/c1-2-17-10-13-5-6-14(15(16)9-13)11-18-8-7-12-3-4-12/h5-6,9,12,17H,2-4,7-8,10-11H2,1H3. The highest BCUT2D eigenvalue weighted by Gasteiger charge is 2.20. The summed E-state index contributed by atoms with van der Waals surface area (Å²) in [4.78, 5) is 0. The van der Waals surface area contributed by atoms with Crippen LogP contribution in [0.25, 0.3) is 0 Å². The van der Waals surface area contributed by atoms with Gasteiger partial charge in [-0.05, 0) is 36.1 Å². The molecule has 18 heavy (non-hydrogen) atoms. The van der Waals surface area contributed by atoms with Crippen LogP contribution in [0.4, 0.5) is 0 Å². The van der Waals surface area contributed by atoms with Crippen LogP contribution in [0.5, 0.6) is 0 Å². The van der Waals surface area contributed by atoms with Crippen molar-refractivity contribution in [1.82, 2.24) is 5.32 Å². The van der Waals surface area contributed by atoms with Crippen molar-refractivity contribution in [2.24, 2.45) is 5.92 Å². The second kappa shape index (κ2) is 7.27. The number of benzene rings is 1. The van der Waals surface area contributed by atoms with Gasteiger partial charge in [0.1, 0.15) is 0 Å². The molecule has 1 fully saturated rings. The normalized spacial score (nSPS) is 15.0. The van der Waals surface area contributed by atoms with E-state index in [1.807, 2.05) is 0 Å². The van der Waals surface area contributed by atoms with Crippen LogP contribution in [0.2, 0.25) is 0 Å². The first-order chi connectivity index (χ1) is 8.79.